The Morgan fingerprint density at radius 3 is 2.94 bits per heavy atom. The first-order valence-electron chi connectivity index (χ1n) is 5.43. The van der Waals surface area contributed by atoms with Crippen LogP contribution in [0, 0.1) is 11.8 Å². The van der Waals surface area contributed by atoms with Crippen LogP contribution in [-0.2, 0) is 0 Å². The minimum absolute atomic E-state index is 0.140. The molecule has 0 unspecified atom stereocenters. The van der Waals surface area contributed by atoms with Crippen molar-refractivity contribution in [2.24, 2.45) is 0 Å². The molecule has 0 bridgehead atoms. The summed E-state index contributed by atoms with van der Waals surface area (Å²) in [4.78, 5) is 14.6. The number of aliphatic hydroxyl groups is 1. The second-order valence-electron chi connectivity index (χ2n) is 3.41. The highest BCUT2D eigenvalue weighted by atomic mass is 32.2. The predicted molar refractivity (Wildman–Crippen MR) is 65.5 cm³/mol. The summed E-state index contributed by atoms with van der Waals surface area (Å²) in [5, 5.41) is 11.0. The number of aliphatic hydroxyl groups excluding tert-OH is 1. The molecule has 2 N–H and O–H groups in total. The molecule has 0 aromatic carbocycles. The molecular formula is C11H14F2N2O2S. The van der Waals surface area contributed by atoms with Crippen LogP contribution in [0.2, 0.25) is 0 Å². The van der Waals surface area contributed by atoms with Gasteiger partial charge in [-0.05, 0) is 18.2 Å². The number of nitrogens with zero attached hydrogens (tertiary/aromatic N) is 1. The molecule has 1 aromatic heterocycles. The molecule has 1 rings (SSSR count). The second-order valence-corrected chi connectivity index (χ2v) is 4.63. The van der Waals surface area contributed by atoms with E-state index in [4.69, 9.17) is 5.11 Å². The van der Waals surface area contributed by atoms with Crippen molar-refractivity contribution in [3.63, 3.8) is 0 Å². The Morgan fingerprint density at radius 1 is 1.44 bits per heavy atom. The normalized spacial score (nSPS) is 10.4. The largest absolute Gasteiger partial charge is 0.396 e. The molecule has 0 saturated carbocycles. The van der Waals surface area contributed by atoms with Crippen molar-refractivity contribution < 1.29 is 18.7 Å². The average molecular weight is 276 g/mol. The molecular weight excluding hydrogens is 262 g/mol. The number of nitrogens with one attached hydrogen (secondary N) is 1. The van der Waals surface area contributed by atoms with E-state index in [9.17, 15) is 13.6 Å². The first kappa shape index (κ1) is 14.8. The molecule has 0 aliphatic rings. The van der Waals surface area contributed by atoms with Gasteiger partial charge >= 0.3 is 0 Å². The molecule has 0 saturated heterocycles. The molecule has 4 nitrogen and oxygen atoms in total. The quantitative estimate of drug-likeness (QED) is 0.580. The maximum atomic E-state index is 13.2. The van der Waals surface area contributed by atoms with Gasteiger partial charge in [0.25, 0.3) is 5.91 Å². The fourth-order valence-electron chi connectivity index (χ4n) is 1.19. The van der Waals surface area contributed by atoms with Gasteiger partial charge in [-0.1, -0.05) is 0 Å². The standard InChI is InChI=1S/C11H14F2N2O2S/c12-9-8(2-3-14-10(9)13)11(17)15-4-7-18-6-1-5-16/h2-3,16H,1,4-7H2,(H,15,17). The van der Waals surface area contributed by atoms with Crippen LogP contribution in [0.5, 0.6) is 0 Å². The molecule has 0 spiro atoms. The van der Waals surface area contributed by atoms with Gasteiger partial charge in [0.1, 0.15) is 0 Å². The molecule has 0 fully saturated rings. The number of hydrogen-bond acceptors (Lipinski definition) is 4. The Labute approximate surface area is 108 Å². The van der Waals surface area contributed by atoms with Gasteiger partial charge < -0.3 is 10.4 Å². The number of carbonyl (C=O) groups is 1. The SMILES string of the molecule is O=C(NCCSCCCO)c1ccnc(F)c1F. The van der Waals surface area contributed by atoms with Crippen LogP contribution in [0.25, 0.3) is 0 Å². The number of rotatable bonds is 7. The van der Waals surface area contributed by atoms with Crippen LogP contribution in [0.3, 0.4) is 0 Å². The Balaban J connectivity index is 2.35. The summed E-state index contributed by atoms with van der Waals surface area (Å²) in [6.45, 7) is 0.499. The van der Waals surface area contributed by atoms with Crippen molar-refractivity contribution in [3.05, 3.63) is 29.6 Å². The van der Waals surface area contributed by atoms with Crippen LogP contribution in [-0.4, -0.2) is 40.7 Å². The molecule has 18 heavy (non-hydrogen) atoms. The van der Waals surface area contributed by atoms with E-state index in [1.54, 1.807) is 11.8 Å². The van der Waals surface area contributed by atoms with Crippen LogP contribution in [0.1, 0.15) is 16.8 Å². The lowest BCUT2D eigenvalue weighted by Gasteiger charge is -2.05. The highest BCUT2D eigenvalue weighted by Crippen LogP contribution is 2.08. The second kappa shape index (κ2) is 7.99. The van der Waals surface area contributed by atoms with Gasteiger partial charge in [-0.2, -0.15) is 16.2 Å². The Kier molecular flexibility index (Phi) is 6.59. The van der Waals surface area contributed by atoms with Crippen LogP contribution in [0.15, 0.2) is 12.3 Å². The number of amides is 1. The molecule has 0 aliphatic carbocycles. The highest BCUT2D eigenvalue weighted by molar-refractivity contribution is 7.99. The number of hydrogen-bond donors (Lipinski definition) is 2. The van der Waals surface area contributed by atoms with E-state index in [-0.39, 0.29) is 12.2 Å². The lowest BCUT2D eigenvalue weighted by atomic mass is 10.2. The monoisotopic (exact) mass is 276 g/mol. The summed E-state index contributed by atoms with van der Waals surface area (Å²) in [6.07, 6.45) is 1.74. The number of pyridine rings is 1. The number of thioether (sulfide) groups is 1. The summed E-state index contributed by atoms with van der Waals surface area (Å²) in [6, 6.07) is 1.13. The van der Waals surface area contributed by atoms with E-state index in [0.717, 1.165) is 18.0 Å². The van der Waals surface area contributed by atoms with Gasteiger partial charge in [0.05, 0.1) is 5.56 Å². The zero-order chi connectivity index (χ0) is 13.4. The minimum Gasteiger partial charge on any atom is -0.396 e. The van der Waals surface area contributed by atoms with Crippen LogP contribution in [0.4, 0.5) is 8.78 Å². The van der Waals surface area contributed by atoms with Crippen molar-refractivity contribution in [2.45, 2.75) is 6.42 Å². The van der Waals surface area contributed by atoms with Gasteiger partial charge in [-0.15, -0.1) is 0 Å². The molecule has 1 amide bonds. The minimum atomic E-state index is -1.28. The van der Waals surface area contributed by atoms with Crippen molar-refractivity contribution in [3.8, 4) is 0 Å². The maximum absolute atomic E-state index is 13.2. The van der Waals surface area contributed by atoms with Gasteiger partial charge in [0, 0.05) is 25.1 Å². The molecule has 100 valence electrons. The number of carbonyl (C=O) groups excluding carboxylic acids is 1. The molecule has 0 radical (unpaired) electrons. The lowest BCUT2D eigenvalue weighted by molar-refractivity contribution is 0.0950. The fourth-order valence-corrected chi connectivity index (χ4v) is 1.98. The Hall–Kier alpha value is -1.21. The summed E-state index contributed by atoms with van der Waals surface area (Å²) in [5.41, 5.74) is -0.345. The number of aromatic nitrogens is 1. The third-order valence-electron chi connectivity index (χ3n) is 2.07. The molecule has 1 heterocycles. The smallest absolute Gasteiger partial charge is 0.254 e. The predicted octanol–water partition coefficient (Wildman–Crippen LogP) is 1.21. The van der Waals surface area contributed by atoms with Crippen molar-refractivity contribution >= 4 is 17.7 Å². The van der Waals surface area contributed by atoms with E-state index < -0.39 is 17.7 Å². The zero-order valence-corrected chi connectivity index (χ0v) is 10.5. The average Bonchev–Trinajstić information content (AvgIpc) is 2.36. The Morgan fingerprint density at radius 2 is 2.22 bits per heavy atom. The van der Waals surface area contributed by atoms with Crippen molar-refractivity contribution in [1.29, 1.82) is 0 Å². The molecule has 7 heteroatoms. The number of halogens is 2. The summed E-state index contributed by atoms with van der Waals surface area (Å²) >= 11 is 1.57. The van der Waals surface area contributed by atoms with E-state index in [1.807, 2.05) is 0 Å². The highest BCUT2D eigenvalue weighted by Gasteiger charge is 2.15. The third kappa shape index (κ3) is 4.58. The first-order valence-corrected chi connectivity index (χ1v) is 6.59. The molecule has 1 aromatic rings. The fraction of sp³-hybridized carbons (Fsp3) is 0.455. The van der Waals surface area contributed by atoms with E-state index in [2.05, 4.69) is 10.3 Å². The third-order valence-corrected chi connectivity index (χ3v) is 3.14. The van der Waals surface area contributed by atoms with Crippen molar-refractivity contribution in [1.82, 2.24) is 10.3 Å². The van der Waals surface area contributed by atoms with E-state index in [1.165, 1.54) is 0 Å². The zero-order valence-electron chi connectivity index (χ0n) is 9.66. The van der Waals surface area contributed by atoms with E-state index >= 15 is 0 Å². The van der Waals surface area contributed by atoms with E-state index in [0.29, 0.717) is 18.7 Å². The lowest BCUT2D eigenvalue weighted by Crippen LogP contribution is -2.27. The molecule has 0 aliphatic heterocycles. The van der Waals surface area contributed by atoms with Crippen LogP contribution < -0.4 is 5.32 Å². The first-order chi connectivity index (χ1) is 8.66. The maximum Gasteiger partial charge on any atom is 0.254 e. The van der Waals surface area contributed by atoms with Gasteiger partial charge in [0.15, 0.2) is 5.82 Å². The topological polar surface area (TPSA) is 62.2 Å². The summed E-state index contributed by atoms with van der Waals surface area (Å²) < 4.78 is 26.0. The molecule has 0 atom stereocenters. The van der Waals surface area contributed by atoms with Crippen LogP contribution >= 0.6 is 11.8 Å². The van der Waals surface area contributed by atoms with Gasteiger partial charge in [-0.25, -0.2) is 9.37 Å². The summed E-state index contributed by atoms with van der Waals surface area (Å²) in [5.74, 6) is -1.72. The van der Waals surface area contributed by atoms with Gasteiger partial charge in [0.2, 0.25) is 5.95 Å². The Bertz CT molecular complexity index is 405. The van der Waals surface area contributed by atoms with Gasteiger partial charge in [-0.3, -0.25) is 4.79 Å². The van der Waals surface area contributed by atoms with Crippen molar-refractivity contribution in [2.75, 3.05) is 24.7 Å². The summed E-state index contributed by atoms with van der Waals surface area (Å²) in [7, 11) is 0.